The molecule has 0 amide bonds. The predicted octanol–water partition coefficient (Wildman–Crippen LogP) is 3.24. The number of hydrogen-bond acceptors (Lipinski definition) is 5. The minimum absolute atomic E-state index is 0.240. The maximum atomic E-state index is 6.00. The Morgan fingerprint density at radius 1 is 1.16 bits per heavy atom. The molecule has 3 N–H and O–H groups in total. The zero-order chi connectivity index (χ0) is 17.8. The van der Waals surface area contributed by atoms with E-state index in [0.29, 0.717) is 6.04 Å². The molecule has 1 aliphatic heterocycles. The molecule has 1 saturated carbocycles. The van der Waals surface area contributed by atoms with Gasteiger partial charge in [-0.25, -0.2) is 0 Å². The number of nitrogens with zero attached hydrogens (tertiary/aromatic N) is 1. The fourth-order valence-electron chi connectivity index (χ4n) is 4.08. The molecule has 0 spiro atoms. The fourth-order valence-corrected chi connectivity index (χ4v) is 4.08. The molecule has 0 radical (unpaired) electrons. The lowest BCUT2D eigenvalue weighted by Crippen LogP contribution is -2.45. The highest BCUT2D eigenvalue weighted by Crippen LogP contribution is 2.33. The van der Waals surface area contributed by atoms with Gasteiger partial charge in [-0.3, -0.25) is 0 Å². The minimum atomic E-state index is 0.240. The Kier molecular flexibility index (Phi) is 6.07. The monoisotopic (exact) mass is 347 g/mol. The number of ether oxygens (including phenoxy) is 2. The van der Waals surface area contributed by atoms with E-state index in [9.17, 15) is 0 Å². The maximum Gasteiger partial charge on any atom is 0.144 e. The van der Waals surface area contributed by atoms with Crippen molar-refractivity contribution in [3.8, 4) is 5.75 Å². The van der Waals surface area contributed by atoms with Gasteiger partial charge in [-0.1, -0.05) is 0 Å². The molecule has 2 fully saturated rings. The van der Waals surface area contributed by atoms with E-state index in [1.54, 1.807) is 7.11 Å². The summed E-state index contributed by atoms with van der Waals surface area (Å²) in [7, 11) is 1.75. The zero-order valence-electron chi connectivity index (χ0n) is 15.8. The Hall–Kier alpha value is -1.46. The number of benzene rings is 1. The molecule has 1 aliphatic carbocycles. The third-order valence-electron chi connectivity index (χ3n) is 5.43. The lowest BCUT2D eigenvalue weighted by molar-refractivity contribution is -0.00532. The molecule has 3 rings (SSSR count). The average molecular weight is 348 g/mol. The molecule has 0 unspecified atom stereocenters. The van der Waals surface area contributed by atoms with Gasteiger partial charge in [0.2, 0.25) is 0 Å². The van der Waals surface area contributed by atoms with E-state index in [4.69, 9.17) is 15.2 Å². The van der Waals surface area contributed by atoms with Crippen molar-refractivity contribution < 1.29 is 9.47 Å². The first kappa shape index (κ1) is 18.3. The van der Waals surface area contributed by atoms with Gasteiger partial charge in [0, 0.05) is 37.4 Å². The van der Waals surface area contributed by atoms with Gasteiger partial charge in [0.1, 0.15) is 5.75 Å². The average Bonchev–Trinajstić information content (AvgIpc) is 2.60. The molecule has 25 heavy (non-hydrogen) atoms. The first-order chi connectivity index (χ1) is 12.0. The summed E-state index contributed by atoms with van der Waals surface area (Å²) in [6, 6.07) is 6.86. The summed E-state index contributed by atoms with van der Waals surface area (Å²) in [4.78, 5) is 2.37. The topological polar surface area (TPSA) is 59.8 Å². The van der Waals surface area contributed by atoms with Crippen molar-refractivity contribution in [1.82, 2.24) is 0 Å². The summed E-state index contributed by atoms with van der Waals surface area (Å²) < 4.78 is 11.5. The molecule has 1 heterocycles. The van der Waals surface area contributed by atoms with Gasteiger partial charge in [-0.15, -0.1) is 0 Å². The van der Waals surface area contributed by atoms with Gasteiger partial charge in [0.15, 0.2) is 0 Å². The van der Waals surface area contributed by atoms with Crippen LogP contribution in [0.25, 0.3) is 0 Å². The van der Waals surface area contributed by atoms with E-state index in [1.165, 1.54) is 12.8 Å². The van der Waals surface area contributed by atoms with Crippen LogP contribution in [-0.2, 0) is 4.74 Å². The van der Waals surface area contributed by atoms with Crippen LogP contribution in [0.1, 0.15) is 39.5 Å². The fraction of sp³-hybridized carbons (Fsp3) is 0.700. The third-order valence-corrected chi connectivity index (χ3v) is 5.43. The van der Waals surface area contributed by atoms with Gasteiger partial charge in [-0.05, 0) is 57.6 Å². The molecule has 5 heteroatoms. The van der Waals surface area contributed by atoms with Gasteiger partial charge in [-0.2, -0.15) is 0 Å². The lowest BCUT2D eigenvalue weighted by atomic mass is 9.86. The van der Waals surface area contributed by atoms with Crippen LogP contribution < -0.4 is 20.7 Å². The van der Waals surface area contributed by atoms with Crippen molar-refractivity contribution in [3.63, 3.8) is 0 Å². The van der Waals surface area contributed by atoms with Crippen molar-refractivity contribution in [2.45, 2.75) is 57.8 Å². The van der Waals surface area contributed by atoms with Crippen LogP contribution >= 0.6 is 0 Å². The van der Waals surface area contributed by atoms with Gasteiger partial charge in [0.25, 0.3) is 0 Å². The standard InChI is InChI=1S/C20H33N3O2/c1-14-12-23(13-15(2)25-14)19-9-8-18(10-20(19)24-3)22-11-16-4-6-17(21)7-5-16/h8-10,14-17,22H,4-7,11-13,21H2,1-3H3/t14-,15-,16?,17?/m0/s1. The number of morpholine rings is 1. The van der Waals surface area contributed by atoms with E-state index in [1.807, 2.05) is 0 Å². The van der Waals surface area contributed by atoms with Crippen molar-refractivity contribution >= 4 is 11.4 Å². The van der Waals surface area contributed by atoms with Crippen LogP contribution in [0.2, 0.25) is 0 Å². The van der Waals surface area contributed by atoms with Crippen molar-refractivity contribution in [3.05, 3.63) is 18.2 Å². The molecular weight excluding hydrogens is 314 g/mol. The second-order valence-electron chi connectivity index (χ2n) is 7.71. The predicted molar refractivity (Wildman–Crippen MR) is 104 cm³/mol. The van der Waals surface area contributed by atoms with Crippen LogP contribution in [0.15, 0.2) is 18.2 Å². The molecular formula is C20H33N3O2. The molecule has 1 saturated heterocycles. The van der Waals surface area contributed by atoms with Crippen LogP contribution in [0.4, 0.5) is 11.4 Å². The van der Waals surface area contributed by atoms with Crippen LogP contribution in [0.3, 0.4) is 0 Å². The van der Waals surface area contributed by atoms with Crippen molar-refractivity contribution in [2.75, 3.05) is 37.0 Å². The summed E-state index contributed by atoms with van der Waals surface area (Å²) in [5.41, 5.74) is 8.28. The molecule has 1 aromatic rings. The third kappa shape index (κ3) is 4.79. The van der Waals surface area contributed by atoms with Crippen LogP contribution in [0.5, 0.6) is 5.75 Å². The van der Waals surface area contributed by atoms with Crippen LogP contribution in [-0.4, -0.2) is 45.0 Å². The Morgan fingerprint density at radius 3 is 2.48 bits per heavy atom. The Bertz CT molecular complexity index is 548. The number of rotatable bonds is 5. The van der Waals surface area contributed by atoms with E-state index < -0.39 is 0 Å². The molecule has 1 aromatic carbocycles. The van der Waals surface area contributed by atoms with E-state index >= 15 is 0 Å². The molecule has 2 atom stereocenters. The second kappa shape index (κ2) is 8.28. The molecule has 5 nitrogen and oxygen atoms in total. The Balaban J connectivity index is 1.63. The summed E-state index contributed by atoms with van der Waals surface area (Å²) in [6.45, 7) is 7.06. The normalized spacial score (nSPS) is 30.2. The summed E-state index contributed by atoms with van der Waals surface area (Å²) in [5.74, 6) is 1.66. The Morgan fingerprint density at radius 2 is 1.84 bits per heavy atom. The number of nitrogens with two attached hydrogens (primary N) is 1. The lowest BCUT2D eigenvalue weighted by Gasteiger charge is -2.37. The SMILES string of the molecule is COc1cc(NCC2CCC(N)CC2)ccc1N1C[C@H](C)O[C@@H](C)C1. The van der Waals surface area contributed by atoms with E-state index in [0.717, 1.165) is 55.5 Å². The largest absolute Gasteiger partial charge is 0.495 e. The smallest absolute Gasteiger partial charge is 0.144 e. The highest BCUT2D eigenvalue weighted by atomic mass is 16.5. The highest BCUT2D eigenvalue weighted by molar-refractivity contribution is 5.65. The summed E-state index contributed by atoms with van der Waals surface area (Å²) in [6.07, 6.45) is 5.25. The van der Waals surface area contributed by atoms with Gasteiger partial charge < -0.3 is 25.4 Å². The zero-order valence-corrected chi connectivity index (χ0v) is 15.8. The van der Waals surface area contributed by atoms with Gasteiger partial charge >= 0.3 is 0 Å². The number of methoxy groups -OCH3 is 1. The maximum absolute atomic E-state index is 6.00. The molecule has 2 aliphatic rings. The number of hydrogen-bond donors (Lipinski definition) is 2. The molecule has 0 bridgehead atoms. The molecule has 140 valence electrons. The van der Waals surface area contributed by atoms with Crippen LogP contribution in [0, 0.1) is 5.92 Å². The van der Waals surface area contributed by atoms with E-state index in [-0.39, 0.29) is 12.2 Å². The van der Waals surface area contributed by atoms with Gasteiger partial charge in [0.05, 0.1) is 25.0 Å². The number of anilines is 2. The Labute approximate surface area is 151 Å². The minimum Gasteiger partial charge on any atom is -0.495 e. The summed E-state index contributed by atoms with van der Waals surface area (Å²) >= 11 is 0. The molecule has 0 aromatic heterocycles. The summed E-state index contributed by atoms with van der Waals surface area (Å²) in [5, 5.41) is 3.59. The second-order valence-corrected chi connectivity index (χ2v) is 7.71. The van der Waals surface area contributed by atoms with Crippen molar-refractivity contribution in [1.29, 1.82) is 0 Å². The number of nitrogens with one attached hydrogen (secondary N) is 1. The highest BCUT2D eigenvalue weighted by Gasteiger charge is 2.24. The first-order valence-corrected chi connectivity index (χ1v) is 9.63. The van der Waals surface area contributed by atoms with Crippen molar-refractivity contribution in [2.24, 2.45) is 11.7 Å². The van der Waals surface area contributed by atoms with E-state index in [2.05, 4.69) is 42.3 Å². The quantitative estimate of drug-likeness (QED) is 0.856. The first-order valence-electron chi connectivity index (χ1n) is 9.63.